The number of carbonyl (C=O) groups is 1. The second kappa shape index (κ2) is 12.7. The summed E-state index contributed by atoms with van der Waals surface area (Å²) in [6.45, 7) is 9.38. The molecule has 2 fully saturated rings. The van der Waals surface area contributed by atoms with E-state index in [4.69, 9.17) is 36.8 Å². The Kier molecular flexibility index (Phi) is 8.74. The maximum absolute atomic E-state index is 15.5. The Morgan fingerprint density at radius 3 is 2.74 bits per heavy atom. The van der Waals surface area contributed by atoms with Gasteiger partial charge in [-0.05, 0) is 45.2 Å². The average molecular weight is 719 g/mol. The van der Waals surface area contributed by atoms with Crippen molar-refractivity contribution >= 4 is 29.0 Å². The number of anilines is 2. The average Bonchev–Trinajstić information content (AvgIpc) is 3.62. The lowest BCUT2D eigenvalue weighted by atomic mass is 9.93. The Hall–Kier alpha value is -3.95. The monoisotopic (exact) mass is 718 g/mol. The number of benzene rings is 1. The number of nitrogens with zero attached hydrogens (tertiary/aromatic N) is 7. The molecule has 16 heteroatoms. The van der Waals surface area contributed by atoms with Crippen LogP contribution in [-0.4, -0.2) is 81.3 Å². The minimum atomic E-state index is -4.97. The molecule has 2 N–H and O–H groups in total. The molecule has 0 unspecified atom stereocenters. The molecule has 4 aliphatic heterocycles. The third-order valence-corrected chi connectivity index (χ3v) is 10.6. The molecule has 4 aliphatic rings. The van der Waals surface area contributed by atoms with Crippen LogP contribution >= 0.6 is 11.6 Å². The summed E-state index contributed by atoms with van der Waals surface area (Å²) in [5.74, 6) is -0.940. The molecule has 2 aromatic heterocycles. The van der Waals surface area contributed by atoms with E-state index in [9.17, 15) is 18.0 Å². The fourth-order valence-corrected chi connectivity index (χ4v) is 8.21. The molecule has 3 aromatic rings. The highest BCUT2D eigenvalue weighted by atomic mass is 35.5. The minimum absolute atomic E-state index is 0.0678. The summed E-state index contributed by atoms with van der Waals surface area (Å²) in [7, 11) is 3.35. The van der Waals surface area contributed by atoms with E-state index >= 15 is 4.39 Å². The van der Waals surface area contributed by atoms with Crippen molar-refractivity contribution < 1.29 is 31.8 Å². The van der Waals surface area contributed by atoms with Crippen LogP contribution in [0, 0.1) is 12.7 Å². The number of aryl methyl sites for hydroxylation is 1. The molecule has 11 nitrogen and oxygen atoms in total. The zero-order valence-electron chi connectivity index (χ0n) is 28.2. The topological polar surface area (TPSA) is 115 Å². The second-order valence-corrected chi connectivity index (χ2v) is 14.3. The predicted molar refractivity (Wildman–Crippen MR) is 178 cm³/mol. The van der Waals surface area contributed by atoms with Gasteiger partial charge in [0.15, 0.2) is 11.5 Å². The van der Waals surface area contributed by atoms with Gasteiger partial charge in [-0.15, -0.1) is 0 Å². The molecular weight excluding hydrogens is 680 g/mol. The third-order valence-electron chi connectivity index (χ3n) is 10.3. The Labute approximate surface area is 292 Å². The molecule has 0 spiro atoms. The van der Waals surface area contributed by atoms with Gasteiger partial charge in [0.1, 0.15) is 12.4 Å². The number of nitrogens with two attached hydrogens (primary N) is 1. The zero-order chi connectivity index (χ0) is 35.7. The molecule has 2 saturated heterocycles. The van der Waals surface area contributed by atoms with Gasteiger partial charge in [-0.1, -0.05) is 23.8 Å². The third kappa shape index (κ3) is 5.96. The molecule has 7 rings (SSSR count). The number of amides is 1. The van der Waals surface area contributed by atoms with Gasteiger partial charge in [0.25, 0.3) is 5.91 Å². The molecule has 1 amide bonds. The van der Waals surface area contributed by atoms with Crippen LogP contribution in [0.25, 0.3) is 0 Å². The number of aromatic nitrogens is 4. The number of rotatable bonds is 6. The van der Waals surface area contributed by atoms with E-state index < -0.39 is 39.9 Å². The van der Waals surface area contributed by atoms with Crippen molar-refractivity contribution in [1.82, 2.24) is 29.5 Å². The maximum Gasteiger partial charge on any atom is 0.418 e. The molecular formula is C34H39ClF4N8O3. The highest BCUT2D eigenvalue weighted by Gasteiger charge is 2.47. The summed E-state index contributed by atoms with van der Waals surface area (Å²) in [6, 6.07) is 0.831. The van der Waals surface area contributed by atoms with Gasteiger partial charge >= 0.3 is 12.2 Å². The van der Waals surface area contributed by atoms with Crippen molar-refractivity contribution in [2.75, 3.05) is 51.0 Å². The molecule has 0 aliphatic carbocycles. The number of fused-ring (bicyclic) bond motifs is 3. The SMILES string of the molecule is C=C1CN2CCC[C@@]2(COc2nc3c(c(N4CCCn5nc(C(=O)N(C)C)c(C)c5C4)n2)CO[C@H](c2c(F)c(N)cc(Cl)c2C(F)(F)F)C3)C1. The van der Waals surface area contributed by atoms with Gasteiger partial charge < -0.3 is 25.0 Å². The van der Waals surface area contributed by atoms with Crippen molar-refractivity contribution in [1.29, 1.82) is 0 Å². The van der Waals surface area contributed by atoms with Gasteiger partial charge in [0.2, 0.25) is 0 Å². The van der Waals surface area contributed by atoms with Crippen molar-refractivity contribution in [2.24, 2.45) is 0 Å². The lowest BCUT2D eigenvalue weighted by Crippen LogP contribution is -2.43. The summed E-state index contributed by atoms with van der Waals surface area (Å²) in [5, 5.41) is 3.91. The van der Waals surface area contributed by atoms with E-state index in [0.717, 1.165) is 55.2 Å². The van der Waals surface area contributed by atoms with Crippen molar-refractivity contribution in [3.05, 3.63) is 68.4 Å². The number of carbonyl (C=O) groups excluding carboxylic acids is 1. The number of hydrogen-bond acceptors (Lipinski definition) is 9. The number of nitrogen functional groups attached to an aromatic ring is 1. The molecule has 2 atom stereocenters. The summed E-state index contributed by atoms with van der Waals surface area (Å²) < 4.78 is 72.5. The first kappa shape index (κ1) is 34.5. The van der Waals surface area contributed by atoms with Crippen LogP contribution in [0.4, 0.5) is 29.1 Å². The Bertz CT molecular complexity index is 1880. The van der Waals surface area contributed by atoms with E-state index in [-0.39, 0.29) is 30.5 Å². The molecule has 50 heavy (non-hydrogen) atoms. The number of hydrogen-bond donors (Lipinski definition) is 1. The van der Waals surface area contributed by atoms with Crippen LogP contribution in [-0.2, 0) is 37.0 Å². The summed E-state index contributed by atoms with van der Waals surface area (Å²) in [6.07, 6.45) is -3.14. The predicted octanol–water partition coefficient (Wildman–Crippen LogP) is 5.47. The Morgan fingerprint density at radius 2 is 2.00 bits per heavy atom. The van der Waals surface area contributed by atoms with Crippen LogP contribution in [0.15, 0.2) is 18.2 Å². The van der Waals surface area contributed by atoms with Crippen LogP contribution in [0.3, 0.4) is 0 Å². The first-order valence-electron chi connectivity index (χ1n) is 16.6. The number of halogens is 5. The fraction of sp³-hybridized carbons (Fsp3) is 0.529. The lowest BCUT2D eigenvalue weighted by Gasteiger charge is -2.33. The number of alkyl halides is 3. The van der Waals surface area contributed by atoms with Crippen molar-refractivity contribution in [3.63, 3.8) is 0 Å². The largest absolute Gasteiger partial charge is 0.461 e. The van der Waals surface area contributed by atoms with Crippen molar-refractivity contribution in [2.45, 2.75) is 76.5 Å². The normalized spacial score (nSPS) is 22.3. The zero-order valence-corrected chi connectivity index (χ0v) is 28.9. The van der Waals surface area contributed by atoms with Gasteiger partial charge in [-0.3, -0.25) is 14.4 Å². The highest BCUT2D eigenvalue weighted by Crippen LogP contribution is 2.46. The van der Waals surface area contributed by atoms with Gasteiger partial charge in [-0.2, -0.15) is 28.2 Å². The van der Waals surface area contributed by atoms with Gasteiger partial charge in [-0.25, -0.2) is 4.39 Å². The summed E-state index contributed by atoms with van der Waals surface area (Å²) in [4.78, 5) is 28.4. The first-order chi connectivity index (χ1) is 23.7. The summed E-state index contributed by atoms with van der Waals surface area (Å²) >= 11 is 6.01. The second-order valence-electron chi connectivity index (χ2n) is 13.9. The van der Waals surface area contributed by atoms with Gasteiger partial charge in [0, 0.05) is 56.8 Å². The molecule has 0 saturated carbocycles. The van der Waals surface area contributed by atoms with Crippen LogP contribution in [0.5, 0.6) is 6.01 Å². The molecule has 268 valence electrons. The smallest absolute Gasteiger partial charge is 0.418 e. The summed E-state index contributed by atoms with van der Waals surface area (Å²) in [5.41, 5.74) is 6.96. The molecule has 6 heterocycles. The van der Waals surface area contributed by atoms with E-state index in [2.05, 4.69) is 16.6 Å². The Morgan fingerprint density at radius 1 is 1.22 bits per heavy atom. The minimum Gasteiger partial charge on any atom is -0.461 e. The highest BCUT2D eigenvalue weighted by molar-refractivity contribution is 6.31. The van der Waals surface area contributed by atoms with Crippen molar-refractivity contribution in [3.8, 4) is 6.01 Å². The molecule has 0 bridgehead atoms. The lowest BCUT2D eigenvalue weighted by molar-refractivity contribution is -0.140. The van der Waals surface area contributed by atoms with Crippen LogP contribution < -0.4 is 15.4 Å². The molecule has 0 radical (unpaired) electrons. The van der Waals surface area contributed by atoms with E-state index in [0.29, 0.717) is 55.4 Å². The number of ether oxygens (including phenoxy) is 2. The van der Waals surface area contributed by atoms with Gasteiger partial charge in [0.05, 0.1) is 52.5 Å². The fourth-order valence-electron chi connectivity index (χ4n) is 7.88. The van der Waals surface area contributed by atoms with E-state index in [1.54, 1.807) is 14.1 Å². The standard InChI is InChI=1S/C34H39ClF4N8O3/c1-18-13-33(7-5-9-46(33)14-18)17-50-32-41-23-12-25(26-27(34(37,38)39)21(35)11-22(40)28(26)36)49-16-20(23)30(42-32)45-8-6-10-47-24(15-45)19(2)29(43-47)31(48)44(3)4/h11,25H,1,5-10,12-17,40H2,2-4H3/t25-,33-/m0/s1. The van der Waals surface area contributed by atoms with E-state index in [1.807, 2.05) is 16.5 Å². The van der Waals surface area contributed by atoms with E-state index in [1.165, 1.54) is 4.90 Å². The maximum atomic E-state index is 15.5. The Balaban J connectivity index is 1.28. The van der Waals surface area contributed by atoms with Crippen LogP contribution in [0.1, 0.15) is 75.9 Å². The van der Waals surface area contributed by atoms with Crippen LogP contribution in [0.2, 0.25) is 5.02 Å². The molecule has 1 aromatic carbocycles. The first-order valence-corrected chi connectivity index (χ1v) is 17.0. The quantitative estimate of drug-likeness (QED) is 0.201.